The molecule has 0 atom stereocenters. The van der Waals surface area contributed by atoms with Crippen molar-refractivity contribution in [1.82, 2.24) is 9.97 Å². The predicted molar refractivity (Wildman–Crippen MR) is 91.4 cm³/mol. The van der Waals surface area contributed by atoms with Gasteiger partial charge in [-0.25, -0.2) is 15.8 Å². The molecule has 0 saturated heterocycles. The molecule has 1 aromatic heterocycles. The van der Waals surface area contributed by atoms with Crippen molar-refractivity contribution in [1.29, 1.82) is 0 Å². The highest BCUT2D eigenvalue weighted by Gasteiger charge is 2.15. The highest BCUT2D eigenvalue weighted by atomic mass is 127. The molecule has 0 aliphatic heterocycles. The van der Waals surface area contributed by atoms with Crippen molar-refractivity contribution in [2.45, 2.75) is 19.8 Å². The van der Waals surface area contributed by atoms with E-state index >= 15 is 0 Å². The molecule has 5 nitrogen and oxygen atoms in total. The Balaban J connectivity index is 2.43. The van der Waals surface area contributed by atoms with E-state index in [4.69, 9.17) is 17.4 Å². The van der Waals surface area contributed by atoms with Gasteiger partial charge in [0.05, 0.1) is 5.69 Å². The van der Waals surface area contributed by atoms with Crippen molar-refractivity contribution in [3.8, 4) is 0 Å². The maximum atomic E-state index is 5.96. The Morgan fingerprint density at radius 2 is 1.95 bits per heavy atom. The van der Waals surface area contributed by atoms with Crippen LogP contribution in [0, 0.1) is 3.57 Å². The topological polar surface area (TPSA) is 75.9 Å². The minimum Gasteiger partial charge on any atom is -0.339 e. The van der Waals surface area contributed by atoms with E-state index in [2.05, 4.69) is 57.1 Å². The molecule has 106 valence electrons. The molecule has 0 aliphatic rings. The van der Waals surface area contributed by atoms with Crippen LogP contribution >= 0.6 is 34.2 Å². The minimum atomic E-state index is 0.231. The quantitative estimate of drug-likeness (QED) is 0.410. The van der Waals surface area contributed by atoms with Gasteiger partial charge in [0, 0.05) is 14.2 Å². The molecule has 20 heavy (non-hydrogen) atoms. The standard InChI is InChI=1S/C13H15ClIN5/c1-7(2)11-12(17-6-18-13(11)20-16)19-10-4-3-8(14)5-9(10)15/h3-7H,16H2,1-2H3,(H2,17,18,19,20). The van der Waals surface area contributed by atoms with Crippen LogP contribution in [-0.4, -0.2) is 9.97 Å². The van der Waals surface area contributed by atoms with Crippen molar-refractivity contribution in [3.63, 3.8) is 0 Å². The van der Waals surface area contributed by atoms with E-state index in [1.165, 1.54) is 6.33 Å². The van der Waals surface area contributed by atoms with Gasteiger partial charge in [-0.15, -0.1) is 0 Å². The second-order valence-corrected chi connectivity index (χ2v) is 6.13. The van der Waals surface area contributed by atoms with E-state index in [9.17, 15) is 0 Å². The third-order valence-corrected chi connectivity index (χ3v) is 3.91. The summed E-state index contributed by atoms with van der Waals surface area (Å²) in [6.07, 6.45) is 1.48. The Morgan fingerprint density at radius 3 is 2.55 bits per heavy atom. The highest BCUT2D eigenvalue weighted by molar-refractivity contribution is 14.1. The van der Waals surface area contributed by atoms with Gasteiger partial charge < -0.3 is 10.7 Å². The summed E-state index contributed by atoms with van der Waals surface area (Å²) < 4.78 is 1.02. The van der Waals surface area contributed by atoms with Crippen LogP contribution in [0.1, 0.15) is 25.3 Å². The zero-order valence-electron chi connectivity index (χ0n) is 11.1. The molecule has 0 bridgehead atoms. The number of nitrogen functional groups attached to an aromatic ring is 1. The molecule has 1 heterocycles. The number of aromatic nitrogens is 2. The van der Waals surface area contributed by atoms with Crippen LogP contribution in [0.3, 0.4) is 0 Å². The molecule has 1 aromatic carbocycles. The number of hydrogen-bond donors (Lipinski definition) is 3. The minimum absolute atomic E-state index is 0.231. The van der Waals surface area contributed by atoms with Gasteiger partial charge in [-0.3, -0.25) is 0 Å². The third-order valence-electron chi connectivity index (χ3n) is 2.78. The van der Waals surface area contributed by atoms with Gasteiger partial charge in [-0.1, -0.05) is 25.4 Å². The first-order valence-electron chi connectivity index (χ1n) is 6.06. The Labute approximate surface area is 136 Å². The Hall–Kier alpha value is -1.12. The van der Waals surface area contributed by atoms with Crippen LogP contribution in [0.5, 0.6) is 0 Å². The smallest absolute Gasteiger partial charge is 0.148 e. The summed E-state index contributed by atoms with van der Waals surface area (Å²) >= 11 is 8.19. The van der Waals surface area contributed by atoms with E-state index < -0.39 is 0 Å². The molecule has 2 aromatic rings. The van der Waals surface area contributed by atoms with Crippen LogP contribution in [0.15, 0.2) is 24.5 Å². The van der Waals surface area contributed by atoms with Gasteiger partial charge >= 0.3 is 0 Å². The average molecular weight is 404 g/mol. The molecule has 7 heteroatoms. The number of benzene rings is 1. The van der Waals surface area contributed by atoms with E-state index in [0.29, 0.717) is 10.8 Å². The van der Waals surface area contributed by atoms with Crippen LogP contribution < -0.4 is 16.6 Å². The summed E-state index contributed by atoms with van der Waals surface area (Å²) in [5.41, 5.74) is 4.50. The number of hydrazine groups is 1. The van der Waals surface area contributed by atoms with E-state index in [1.807, 2.05) is 18.2 Å². The van der Waals surface area contributed by atoms with E-state index in [-0.39, 0.29) is 5.92 Å². The summed E-state index contributed by atoms with van der Waals surface area (Å²) in [7, 11) is 0. The van der Waals surface area contributed by atoms with E-state index in [0.717, 1.165) is 20.6 Å². The Morgan fingerprint density at radius 1 is 1.25 bits per heavy atom. The van der Waals surface area contributed by atoms with Crippen LogP contribution in [0.25, 0.3) is 0 Å². The fraction of sp³-hybridized carbons (Fsp3) is 0.231. The van der Waals surface area contributed by atoms with Crippen molar-refractivity contribution in [3.05, 3.63) is 38.7 Å². The second kappa shape index (κ2) is 6.55. The lowest BCUT2D eigenvalue weighted by Crippen LogP contribution is -2.14. The lowest BCUT2D eigenvalue weighted by Gasteiger charge is -2.17. The Kier molecular flexibility index (Phi) is 5.00. The summed E-state index contributed by atoms with van der Waals surface area (Å²) in [5, 5.41) is 4.02. The third kappa shape index (κ3) is 3.31. The van der Waals surface area contributed by atoms with Gasteiger partial charge in [-0.05, 0) is 46.7 Å². The summed E-state index contributed by atoms with van der Waals surface area (Å²) in [6, 6.07) is 5.65. The van der Waals surface area contributed by atoms with E-state index in [1.54, 1.807) is 0 Å². The zero-order valence-corrected chi connectivity index (χ0v) is 14.0. The molecule has 0 amide bonds. The molecule has 4 N–H and O–H groups in total. The van der Waals surface area contributed by atoms with Crippen LogP contribution in [0.2, 0.25) is 5.02 Å². The first kappa shape index (κ1) is 15.3. The fourth-order valence-electron chi connectivity index (χ4n) is 1.88. The molecule has 0 saturated carbocycles. The maximum absolute atomic E-state index is 5.96. The fourth-order valence-corrected chi connectivity index (χ4v) is 2.88. The molecule has 0 aliphatic carbocycles. The molecular weight excluding hydrogens is 389 g/mol. The van der Waals surface area contributed by atoms with Gasteiger partial charge in [0.1, 0.15) is 18.0 Å². The number of rotatable bonds is 4. The summed E-state index contributed by atoms with van der Waals surface area (Å²) in [4.78, 5) is 8.46. The lowest BCUT2D eigenvalue weighted by atomic mass is 10.0. The number of hydrogen-bond acceptors (Lipinski definition) is 5. The largest absolute Gasteiger partial charge is 0.339 e. The maximum Gasteiger partial charge on any atom is 0.148 e. The van der Waals surface area contributed by atoms with Crippen LogP contribution in [-0.2, 0) is 0 Å². The average Bonchev–Trinajstić information content (AvgIpc) is 2.41. The predicted octanol–water partition coefficient (Wildman–Crippen LogP) is 3.89. The molecule has 0 spiro atoms. The second-order valence-electron chi connectivity index (χ2n) is 4.53. The first-order chi connectivity index (χ1) is 9.52. The van der Waals surface area contributed by atoms with Gasteiger partial charge in [-0.2, -0.15) is 0 Å². The van der Waals surface area contributed by atoms with Gasteiger partial charge in [0.2, 0.25) is 0 Å². The number of nitrogens with one attached hydrogen (secondary N) is 2. The molecule has 0 unspecified atom stereocenters. The number of nitrogens with zero attached hydrogens (tertiary/aromatic N) is 2. The number of halogens is 2. The lowest BCUT2D eigenvalue weighted by molar-refractivity contribution is 0.850. The van der Waals surface area contributed by atoms with Crippen molar-refractivity contribution in [2.24, 2.45) is 5.84 Å². The monoisotopic (exact) mass is 403 g/mol. The Bertz CT molecular complexity index is 618. The molecular formula is C13H15ClIN5. The summed E-state index contributed by atoms with van der Waals surface area (Å²) in [6.45, 7) is 4.13. The highest BCUT2D eigenvalue weighted by Crippen LogP contribution is 2.31. The van der Waals surface area contributed by atoms with Crippen molar-refractivity contribution >= 4 is 51.5 Å². The van der Waals surface area contributed by atoms with Gasteiger partial charge in [0.15, 0.2) is 0 Å². The SMILES string of the molecule is CC(C)c1c(NN)ncnc1Nc1ccc(Cl)cc1I. The first-order valence-corrected chi connectivity index (χ1v) is 7.52. The molecule has 2 rings (SSSR count). The number of nitrogens with two attached hydrogens (primary N) is 1. The van der Waals surface area contributed by atoms with Crippen molar-refractivity contribution in [2.75, 3.05) is 10.7 Å². The molecule has 0 radical (unpaired) electrons. The number of anilines is 3. The normalized spacial score (nSPS) is 10.7. The van der Waals surface area contributed by atoms with Crippen LogP contribution in [0.4, 0.5) is 17.3 Å². The van der Waals surface area contributed by atoms with Gasteiger partial charge in [0.25, 0.3) is 0 Å². The zero-order chi connectivity index (χ0) is 14.7. The van der Waals surface area contributed by atoms with Crippen molar-refractivity contribution < 1.29 is 0 Å². The summed E-state index contributed by atoms with van der Waals surface area (Å²) in [5.74, 6) is 7.11. The molecule has 0 fully saturated rings.